The molecule has 8 aromatic rings. The smallest absolute Gasteiger partial charge is 0.0465 e. The molecule has 0 saturated heterocycles. The van der Waals surface area contributed by atoms with E-state index in [-0.39, 0.29) is 5.41 Å². The van der Waals surface area contributed by atoms with Gasteiger partial charge in [-0.3, -0.25) is 0 Å². The van der Waals surface area contributed by atoms with E-state index in [1.165, 1.54) is 94.0 Å². The van der Waals surface area contributed by atoms with Gasteiger partial charge in [0.2, 0.25) is 0 Å². The molecule has 2 aliphatic carbocycles. The highest BCUT2D eigenvalue weighted by molar-refractivity contribution is 6.21. The van der Waals surface area contributed by atoms with E-state index in [1.54, 1.807) is 0 Å². The van der Waals surface area contributed by atoms with Gasteiger partial charge in [0, 0.05) is 22.5 Å². The lowest BCUT2D eigenvalue weighted by Gasteiger charge is -2.37. The second-order valence-corrected chi connectivity index (χ2v) is 14.7. The molecule has 0 atom stereocenters. The van der Waals surface area contributed by atoms with Crippen molar-refractivity contribution in [3.05, 3.63) is 174 Å². The molecule has 1 heteroatoms. The number of anilines is 3. The van der Waals surface area contributed by atoms with Crippen LogP contribution >= 0.6 is 0 Å². The van der Waals surface area contributed by atoms with E-state index in [4.69, 9.17) is 0 Å². The predicted molar refractivity (Wildman–Crippen MR) is 213 cm³/mol. The van der Waals surface area contributed by atoms with E-state index in [0.717, 1.165) is 11.4 Å². The van der Waals surface area contributed by atoms with Crippen LogP contribution in [-0.4, -0.2) is 0 Å². The summed E-state index contributed by atoms with van der Waals surface area (Å²) in [5, 5.41) is 5.37. The molecule has 1 nitrogen and oxygen atoms in total. The predicted octanol–water partition coefficient (Wildman–Crippen LogP) is 13.7. The van der Waals surface area contributed by atoms with Crippen molar-refractivity contribution >= 4 is 38.6 Å². The molecule has 0 bridgehead atoms. The zero-order chi connectivity index (χ0) is 33.7. The van der Waals surface area contributed by atoms with Crippen molar-refractivity contribution < 1.29 is 0 Å². The Kier molecular flexibility index (Phi) is 6.12. The van der Waals surface area contributed by atoms with Crippen LogP contribution in [0.25, 0.3) is 66.1 Å². The molecule has 0 aromatic heterocycles. The van der Waals surface area contributed by atoms with Gasteiger partial charge < -0.3 is 4.90 Å². The summed E-state index contributed by atoms with van der Waals surface area (Å²) >= 11 is 0. The van der Waals surface area contributed by atoms with Gasteiger partial charge in [-0.25, -0.2) is 0 Å². The molecular weight excluding hydrogens is 603 g/mol. The van der Waals surface area contributed by atoms with Crippen molar-refractivity contribution in [1.29, 1.82) is 0 Å². The van der Waals surface area contributed by atoms with Crippen LogP contribution in [0, 0.1) is 13.8 Å². The highest BCUT2D eigenvalue weighted by atomic mass is 15.1. The SMILES string of the molecule is Cc1ccc(N(c2ccc(C)cc2)c2ccc3c(c2)C(C)(C)c2ccc4c5c(ccc-3c25)-c2ccc(-c3cccc5ccccc35)cc2-4)cc1. The maximum Gasteiger partial charge on any atom is 0.0465 e. The van der Waals surface area contributed by atoms with Gasteiger partial charge in [-0.15, -0.1) is 0 Å². The van der Waals surface area contributed by atoms with Crippen LogP contribution in [0.3, 0.4) is 0 Å². The summed E-state index contributed by atoms with van der Waals surface area (Å²) in [6.07, 6.45) is 0. The maximum atomic E-state index is 2.44. The highest BCUT2D eigenvalue weighted by Crippen LogP contribution is 2.57. The second-order valence-electron chi connectivity index (χ2n) is 14.7. The largest absolute Gasteiger partial charge is 0.310 e. The highest BCUT2D eigenvalue weighted by Gasteiger charge is 2.37. The van der Waals surface area contributed by atoms with Crippen LogP contribution in [0.2, 0.25) is 0 Å². The third-order valence-electron chi connectivity index (χ3n) is 11.3. The first kappa shape index (κ1) is 29.0. The lowest BCUT2D eigenvalue weighted by atomic mass is 9.68. The Bertz CT molecular complexity index is 2620. The van der Waals surface area contributed by atoms with Crippen LogP contribution in [-0.2, 0) is 5.41 Å². The number of fused-ring (bicyclic) bond motifs is 6. The normalized spacial score (nSPS) is 13.4. The van der Waals surface area contributed by atoms with Crippen molar-refractivity contribution in [1.82, 2.24) is 0 Å². The van der Waals surface area contributed by atoms with Crippen LogP contribution in [0.1, 0.15) is 36.1 Å². The number of benzene rings is 8. The van der Waals surface area contributed by atoms with Crippen LogP contribution in [0.15, 0.2) is 152 Å². The van der Waals surface area contributed by atoms with Gasteiger partial charge in [0.05, 0.1) is 0 Å². The third kappa shape index (κ3) is 4.13. The second kappa shape index (κ2) is 10.5. The third-order valence-corrected chi connectivity index (χ3v) is 11.3. The van der Waals surface area contributed by atoms with Gasteiger partial charge in [0.1, 0.15) is 0 Å². The van der Waals surface area contributed by atoms with E-state index in [2.05, 4.69) is 184 Å². The lowest BCUT2D eigenvalue weighted by Crippen LogP contribution is -2.24. The minimum Gasteiger partial charge on any atom is -0.310 e. The van der Waals surface area contributed by atoms with Crippen molar-refractivity contribution in [2.24, 2.45) is 0 Å². The van der Waals surface area contributed by atoms with Crippen molar-refractivity contribution in [2.45, 2.75) is 33.1 Å². The van der Waals surface area contributed by atoms with Gasteiger partial charge in [0.25, 0.3) is 0 Å². The molecule has 0 aliphatic heterocycles. The molecule has 238 valence electrons. The van der Waals surface area contributed by atoms with Gasteiger partial charge in [-0.1, -0.05) is 134 Å². The Morgan fingerprint density at radius 2 is 0.980 bits per heavy atom. The first-order valence-electron chi connectivity index (χ1n) is 17.7. The summed E-state index contributed by atoms with van der Waals surface area (Å²) in [6, 6.07) is 56.9. The monoisotopic (exact) mass is 639 g/mol. The fourth-order valence-electron chi connectivity index (χ4n) is 8.74. The number of nitrogens with zero attached hydrogens (tertiary/aromatic N) is 1. The Labute approximate surface area is 294 Å². The van der Waals surface area contributed by atoms with Crippen molar-refractivity contribution in [2.75, 3.05) is 4.90 Å². The quantitative estimate of drug-likeness (QED) is 0.185. The molecular formula is C49H37N. The summed E-state index contributed by atoms with van der Waals surface area (Å²) in [6.45, 7) is 9.11. The van der Waals surface area contributed by atoms with E-state index in [0.29, 0.717) is 0 Å². The lowest BCUT2D eigenvalue weighted by molar-refractivity contribution is 0.645. The number of hydrogen-bond donors (Lipinski definition) is 0. The molecule has 10 rings (SSSR count). The summed E-state index contributed by atoms with van der Waals surface area (Å²) in [5.74, 6) is 0. The maximum absolute atomic E-state index is 2.44. The zero-order valence-electron chi connectivity index (χ0n) is 28.9. The molecule has 8 aromatic carbocycles. The standard InChI is InChI=1S/C49H37N/c1-30-12-17-34(18-13-30)50(35-19-14-31(2)15-20-35)36-21-23-40-42-25-24-41-39-22-16-33(38-11-7-9-32-8-5-6-10-37(32)38)28-44(39)43-26-27-45(48(42)47(41)43)49(3,4)46(40)29-36/h5-29H,1-4H3. The molecule has 0 unspecified atom stereocenters. The van der Waals surface area contributed by atoms with E-state index in [1.807, 2.05) is 0 Å². The van der Waals surface area contributed by atoms with Crippen LogP contribution in [0.5, 0.6) is 0 Å². The van der Waals surface area contributed by atoms with Gasteiger partial charge in [0.15, 0.2) is 0 Å². The molecule has 0 amide bonds. The van der Waals surface area contributed by atoms with Gasteiger partial charge >= 0.3 is 0 Å². The average Bonchev–Trinajstić information content (AvgIpc) is 3.47. The van der Waals surface area contributed by atoms with E-state index < -0.39 is 0 Å². The van der Waals surface area contributed by atoms with Crippen molar-refractivity contribution in [3.63, 3.8) is 0 Å². The molecule has 50 heavy (non-hydrogen) atoms. The molecule has 0 saturated carbocycles. The number of rotatable bonds is 4. The van der Waals surface area contributed by atoms with Crippen LogP contribution < -0.4 is 4.90 Å². The first-order chi connectivity index (χ1) is 24.4. The van der Waals surface area contributed by atoms with Gasteiger partial charge in [-0.2, -0.15) is 0 Å². The van der Waals surface area contributed by atoms with Crippen molar-refractivity contribution in [3.8, 4) is 44.5 Å². The zero-order valence-corrected chi connectivity index (χ0v) is 28.9. The Balaban J connectivity index is 1.14. The van der Waals surface area contributed by atoms with E-state index >= 15 is 0 Å². The fourth-order valence-corrected chi connectivity index (χ4v) is 8.74. The number of hydrogen-bond acceptors (Lipinski definition) is 1. The Morgan fingerprint density at radius 3 is 1.72 bits per heavy atom. The Morgan fingerprint density at radius 1 is 0.400 bits per heavy atom. The summed E-state index contributed by atoms with van der Waals surface area (Å²) in [5.41, 5.74) is 19.2. The average molecular weight is 640 g/mol. The van der Waals surface area contributed by atoms with E-state index in [9.17, 15) is 0 Å². The number of aryl methyl sites for hydroxylation is 2. The summed E-state index contributed by atoms with van der Waals surface area (Å²) in [7, 11) is 0. The Hall–Kier alpha value is -5.92. The molecule has 0 radical (unpaired) electrons. The minimum atomic E-state index is -0.190. The molecule has 0 heterocycles. The minimum absolute atomic E-state index is 0.190. The molecule has 0 fully saturated rings. The molecule has 0 spiro atoms. The fraction of sp³-hybridized carbons (Fsp3) is 0.102. The summed E-state index contributed by atoms with van der Waals surface area (Å²) in [4.78, 5) is 2.39. The van der Waals surface area contributed by atoms with Crippen LogP contribution in [0.4, 0.5) is 17.1 Å². The topological polar surface area (TPSA) is 3.24 Å². The first-order valence-corrected chi connectivity index (χ1v) is 17.7. The molecule has 0 N–H and O–H groups in total. The molecule has 2 aliphatic rings. The summed E-state index contributed by atoms with van der Waals surface area (Å²) < 4.78 is 0. The van der Waals surface area contributed by atoms with Gasteiger partial charge in [-0.05, 0) is 133 Å².